The fraction of sp³-hybridized carbons (Fsp3) is 0.280. The van der Waals surface area contributed by atoms with Gasteiger partial charge in [0.05, 0.1) is 16.2 Å². The first kappa shape index (κ1) is 20.9. The van der Waals surface area contributed by atoms with E-state index >= 15 is 0 Å². The van der Waals surface area contributed by atoms with Gasteiger partial charge in [0.25, 0.3) is 0 Å². The lowest BCUT2D eigenvalue weighted by molar-refractivity contribution is 0.533. The molecule has 3 heterocycles. The number of fused-ring (bicyclic) bond motifs is 2. The highest BCUT2D eigenvalue weighted by molar-refractivity contribution is 6.43. The molecule has 33 heavy (non-hydrogen) atoms. The number of halogens is 3. The van der Waals surface area contributed by atoms with Crippen molar-refractivity contribution < 1.29 is 4.39 Å². The molecule has 1 aliphatic heterocycles. The van der Waals surface area contributed by atoms with Crippen LogP contribution in [0.2, 0.25) is 10.0 Å². The van der Waals surface area contributed by atoms with Gasteiger partial charge in [-0.05, 0) is 42.0 Å². The van der Waals surface area contributed by atoms with Crippen LogP contribution in [0.1, 0.15) is 12.0 Å². The van der Waals surface area contributed by atoms with Crippen molar-refractivity contribution >= 4 is 34.5 Å². The van der Waals surface area contributed by atoms with Gasteiger partial charge in [-0.15, -0.1) is 0 Å². The van der Waals surface area contributed by atoms with Gasteiger partial charge in [-0.2, -0.15) is 0 Å². The molecular formula is C25H22Cl2FN5. The maximum atomic E-state index is 14.7. The molecule has 2 fully saturated rings. The molecule has 1 saturated heterocycles. The van der Waals surface area contributed by atoms with E-state index in [0.717, 1.165) is 42.0 Å². The van der Waals surface area contributed by atoms with E-state index in [0.29, 0.717) is 34.3 Å². The Morgan fingerprint density at radius 2 is 1.94 bits per heavy atom. The number of rotatable bonds is 4. The molecule has 0 bridgehead atoms. The average Bonchev–Trinajstić information content (AvgIpc) is 3.28. The summed E-state index contributed by atoms with van der Waals surface area (Å²) in [5.41, 5.74) is 8.37. The van der Waals surface area contributed by atoms with Crippen molar-refractivity contribution in [1.29, 1.82) is 0 Å². The Morgan fingerprint density at radius 3 is 2.76 bits per heavy atom. The van der Waals surface area contributed by atoms with Crippen molar-refractivity contribution in [2.75, 3.05) is 24.5 Å². The minimum Gasteiger partial charge on any atom is -0.355 e. The fourth-order valence-corrected chi connectivity index (χ4v) is 6.24. The predicted octanol–water partition coefficient (Wildman–Crippen LogP) is 5.20. The number of nitrogens with two attached hydrogens (primary N) is 1. The smallest absolute Gasteiger partial charge is 0.154 e. The Balaban J connectivity index is 1.36. The molecule has 1 saturated carbocycles. The zero-order valence-electron chi connectivity index (χ0n) is 17.8. The van der Waals surface area contributed by atoms with Crippen LogP contribution in [0, 0.1) is 17.7 Å². The van der Waals surface area contributed by atoms with Crippen LogP contribution in [0.15, 0.2) is 61.1 Å². The number of hydrogen-bond acceptors (Lipinski definition) is 4. The largest absolute Gasteiger partial charge is 0.355 e. The molecule has 1 aliphatic carbocycles. The van der Waals surface area contributed by atoms with Gasteiger partial charge in [0.15, 0.2) is 5.82 Å². The summed E-state index contributed by atoms with van der Waals surface area (Å²) in [5.74, 6) is 2.09. The Bertz CT molecular complexity index is 1370. The second kappa shape index (κ2) is 7.69. The van der Waals surface area contributed by atoms with Gasteiger partial charge < -0.3 is 10.6 Å². The molecule has 0 amide bonds. The SMILES string of the molecule is NC[C@]1(c2ccccc2F)[C@@H]2CCN(c3nccn4c(-c5cccc(Cl)c5Cl)ncc34)C[C@@H]21. The number of imidazole rings is 1. The molecular weight excluding hydrogens is 460 g/mol. The Hall–Kier alpha value is -2.67. The summed E-state index contributed by atoms with van der Waals surface area (Å²) < 4.78 is 16.7. The Kier molecular flexibility index (Phi) is 4.87. The number of anilines is 1. The van der Waals surface area contributed by atoms with E-state index in [1.165, 1.54) is 6.07 Å². The maximum Gasteiger partial charge on any atom is 0.154 e. The summed E-state index contributed by atoms with van der Waals surface area (Å²) in [6.45, 7) is 2.06. The lowest BCUT2D eigenvalue weighted by atomic mass is 9.91. The van der Waals surface area contributed by atoms with Gasteiger partial charge in [-0.3, -0.25) is 4.40 Å². The second-order valence-electron chi connectivity index (χ2n) is 8.86. The van der Waals surface area contributed by atoms with Gasteiger partial charge in [-0.1, -0.05) is 47.5 Å². The minimum absolute atomic E-state index is 0.164. The zero-order chi connectivity index (χ0) is 22.7. The van der Waals surface area contributed by atoms with Gasteiger partial charge >= 0.3 is 0 Å². The third-order valence-electron chi connectivity index (χ3n) is 7.47. The first-order valence-corrected chi connectivity index (χ1v) is 11.8. The highest BCUT2D eigenvalue weighted by Crippen LogP contribution is 2.63. The molecule has 0 unspecified atom stereocenters. The number of aromatic nitrogens is 3. The predicted molar refractivity (Wildman–Crippen MR) is 129 cm³/mol. The van der Waals surface area contributed by atoms with Crippen LogP contribution in [0.3, 0.4) is 0 Å². The second-order valence-corrected chi connectivity index (χ2v) is 9.65. The number of hydrogen-bond donors (Lipinski definition) is 1. The summed E-state index contributed by atoms with van der Waals surface area (Å²) in [7, 11) is 0. The van der Waals surface area contributed by atoms with Crippen molar-refractivity contribution in [3.8, 4) is 11.4 Å². The number of benzene rings is 2. The lowest BCUT2D eigenvalue weighted by Gasteiger charge is -2.27. The summed E-state index contributed by atoms with van der Waals surface area (Å²) in [4.78, 5) is 11.6. The lowest BCUT2D eigenvalue weighted by Crippen LogP contribution is -2.33. The van der Waals surface area contributed by atoms with E-state index in [-0.39, 0.29) is 11.2 Å². The fourth-order valence-electron chi connectivity index (χ4n) is 5.85. The molecule has 6 rings (SSSR count). The molecule has 2 aliphatic rings. The summed E-state index contributed by atoms with van der Waals surface area (Å²) in [6.07, 6.45) is 6.42. The molecule has 2 N–H and O–H groups in total. The van der Waals surface area contributed by atoms with Crippen LogP contribution in [-0.4, -0.2) is 34.0 Å². The molecule has 2 aromatic carbocycles. The Labute approximate surface area is 201 Å². The Morgan fingerprint density at radius 1 is 1.09 bits per heavy atom. The summed E-state index contributed by atoms with van der Waals surface area (Å²) in [5, 5.41) is 0.962. The highest BCUT2D eigenvalue weighted by atomic mass is 35.5. The van der Waals surface area contributed by atoms with Crippen LogP contribution in [0.4, 0.5) is 10.2 Å². The summed E-state index contributed by atoms with van der Waals surface area (Å²) >= 11 is 12.7. The molecule has 0 spiro atoms. The van der Waals surface area contributed by atoms with Crippen LogP contribution in [-0.2, 0) is 5.41 Å². The van der Waals surface area contributed by atoms with E-state index in [4.69, 9.17) is 33.9 Å². The van der Waals surface area contributed by atoms with E-state index in [2.05, 4.69) is 9.88 Å². The molecule has 168 valence electrons. The van der Waals surface area contributed by atoms with Crippen molar-refractivity contribution in [1.82, 2.24) is 14.4 Å². The maximum absolute atomic E-state index is 14.7. The molecule has 3 atom stereocenters. The van der Waals surface area contributed by atoms with E-state index in [9.17, 15) is 4.39 Å². The zero-order valence-corrected chi connectivity index (χ0v) is 19.3. The van der Waals surface area contributed by atoms with Crippen LogP contribution in [0.5, 0.6) is 0 Å². The van der Waals surface area contributed by atoms with E-state index in [1.54, 1.807) is 18.3 Å². The quantitative estimate of drug-likeness (QED) is 0.435. The van der Waals surface area contributed by atoms with Gasteiger partial charge in [0, 0.05) is 43.0 Å². The topological polar surface area (TPSA) is 59.5 Å². The monoisotopic (exact) mass is 481 g/mol. The first-order chi connectivity index (χ1) is 16.1. The van der Waals surface area contributed by atoms with Crippen LogP contribution < -0.4 is 10.6 Å². The van der Waals surface area contributed by atoms with Crippen molar-refractivity contribution in [3.05, 3.63) is 82.5 Å². The summed E-state index contributed by atoms with van der Waals surface area (Å²) in [6, 6.07) is 12.6. The number of nitrogens with zero attached hydrogens (tertiary/aromatic N) is 4. The molecule has 0 radical (unpaired) electrons. The van der Waals surface area contributed by atoms with Gasteiger partial charge in [0.1, 0.15) is 17.2 Å². The van der Waals surface area contributed by atoms with Gasteiger partial charge in [0.2, 0.25) is 0 Å². The average molecular weight is 482 g/mol. The van der Waals surface area contributed by atoms with Crippen molar-refractivity contribution in [2.24, 2.45) is 17.6 Å². The number of piperidine rings is 1. The van der Waals surface area contributed by atoms with Gasteiger partial charge in [-0.25, -0.2) is 14.4 Å². The third-order valence-corrected chi connectivity index (χ3v) is 8.29. The minimum atomic E-state index is -0.301. The van der Waals surface area contributed by atoms with E-state index < -0.39 is 0 Å². The normalized spacial score (nSPS) is 24.2. The van der Waals surface area contributed by atoms with Crippen molar-refractivity contribution in [2.45, 2.75) is 11.8 Å². The molecule has 8 heteroatoms. The molecule has 2 aromatic heterocycles. The molecule has 5 nitrogen and oxygen atoms in total. The van der Waals surface area contributed by atoms with Crippen molar-refractivity contribution in [3.63, 3.8) is 0 Å². The standard InChI is InChI=1S/C25H22Cl2FN5/c26-19-6-3-4-15(22(19)27)23-31-12-21-24(30-9-11-33(21)23)32-10-8-16-18(13-32)25(16,14-29)17-5-1-2-7-20(17)28/h1-7,9,11-12,16,18H,8,10,13-14,29H2/t16-,18+,25-/m1/s1. The highest BCUT2D eigenvalue weighted by Gasteiger charge is 2.66. The third kappa shape index (κ3) is 3.01. The van der Waals surface area contributed by atoms with Crippen LogP contribution >= 0.6 is 23.2 Å². The van der Waals surface area contributed by atoms with E-state index in [1.807, 2.05) is 41.1 Å². The molecule has 4 aromatic rings. The van der Waals surface area contributed by atoms with Crippen LogP contribution in [0.25, 0.3) is 16.9 Å². The first-order valence-electron chi connectivity index (χ1n) is 11.0.